The third-order valence-corrected chi connectivity index (χ3v) is 3.83. The smallest absolute Gasteiger partial charge is 0.336 e. The zero-order chi connectivity index (χ0) is 15.4. The molecular formula is C17H18ClNO2. The maximum atomic E-state index is 11.2. The van der Waals surface area contributed by atoms with Gasteiger partial charge in [-0.05, 0) is 48.7 Å². The van der Waals surface area contributed by atoms with Gasteiger partial charge in [-0.2, -0.15) is 0 Å². The van der Waals surface area contributed by atoms with Crippen LogP contribution in [0.25, 0.3) is 0 Å². The molecule has 0 aliphatic carbocycles. The summed E-state index contributed by atoms with van der Waals surface area (Å²) in [7, 11) is 0. The first-order valence-electron chi connectivity index (χ1n) is 6.87. The molecule has 0 aliphatic rings. The van der Waals surface area contributed by atoms with Crippen LogP contribution in [0.5, 0.6) is 0 Å². The van der Waals surface area contributed by atoms with Crippen molar-refractivity contribution < 1.29 is 9.90 Å². The third-order valence-electron chi connectivity index (χ3n) is 3.57. The van der Waals surface area contributed by atoms with Crippen molar-refractivity contribution in [3.05, 3.63) is 64.2 Å². The SMILES string of the molecule is CCC(Nc1cccc(C(=O)O)c1C)c1ccc(Cl)cc1. The quantitative estimate of drug-likeness (QED) is 0.825. The van der Waals surface area contributed by atoms with Crippen LogP contribution in [-0.4, -0.2) is 11.1 Å². The Morgan fingerprint density at radius 3 is 2.48 bits per heavy atom. The minimum Gasteiger partial charge on any atom is -0.478 e. The largest absolute Gasteiger partial charge is 0.478 e. The van der Waals surface area contributed by atoms with Gasteiger partial charge >= 0.3 is 5.97 Å². The van der Waals surface area contributed by atoms with Gasteiger partial charge in [0, 0.05) is 10.7 Å². The number of hydrogen-bond donors (Lipinski definition) is 2. The molecule has 0 aromatic heterocycles. The van der Waals surface area contributed by atoms with Crippen molar-refractivity contribution in [2.24, 2.45) is 0 Å². The number of carboxylic acids is 1. The van der Waals surface area contributed by atoms with Gasteiger partial charge in [0.2, 0.25) is 0 Å². The highest BCUT2D eigenvalue weighted by molar-refractivity contribution is 6.30. The molecule has 1 atom stereocenters. The van der Waals surface area contributed by atoms with Gasteiger partial charge in [0.15, 0.2) is 0 Å². The summed E-state index contributed by atoms with van der Waals surface area (Å²) < 4.78 is 0. The van der Waals surface area contributed by atoms with Crippen LogP contribution in [0.2, 0.25) is 5.02 Å². The van der Waals surface area contributed by atoms with Crippen molar-refractivity contribution in [3.63, 3.8) is 0 Å². The first-order chi connectivity index (χ1) is 10.0. The lowest BCUT2D eigenvalue weighted by atomic mass is 10.0. The van der Waals surface area contributed by atoms with Gasteiger partial charge in [0.1, 0.15) is 0 Å². The summed E-state index contributed by atoms with van der Waals surface area (Å²) in [6, 6.07) is 13.1. The topological polar surface area (TPSA) is 49.3 Å². The first kappa shape index (κ1) is 15.4. The van der Waals surface area contributed by atoms with Gasteiger partial charge in [-0.1, -0.05) is 36.7 Å². The second-order valence-corrected chi connectivity index (χ2v) is 5.38. The molecule has 0 aliphatic heterocycles. The fourth-order valence-electron chi connectivity index (χ4n) is 2.33. The highest BCUT2D eigenvalue weighted by atomic mass is 35.5. The van der Waals surface area contributed by atoms with E-state index >= 15 is 0 Å². The third kappa shape index (κ3) is 3.56. The Balaban J connectivity index is 2.29. The van der Waals surface area contributed by atoms with Crippen LogP contribution < -0.4 is 5.32 Å². The number of hydrogen-bond acceptors (Lipinski definition) is 2. The monoisotopic (exact) mass is 303 g/mol. The molecule has 0 saturated heterocycles. The fraction of sp³-hybridized carbons (Fsp3) is 0.235. The lowest BCUT2D eigenvalue weighted by Gasteiger charge is -2.21. The van der Waals surface area contributed by atoms with Gasteiger partial charge < -0.3 is 10.4 Å². The van der Waals surface area contributed by atoms with E-state index in [-0.39, 0.29) is 6.04 Å². The van der Waals surface area contributed by atoms with Crippen molar-refractivity contribution in [3.8, 4) is 0 Å². The maximum absolute atomic E-state index is 11.2. The summed E-state index contributed by atoms with van der Waals surface area (Å²) in [5, 5.41) is 13.3. The van der Waals surface area contributed by atoms with Crippen molar-refractivity contribution in [1.29, 1.82) is 0 Å². The van der Waals surface area contributed by atoms with Crippen LogP contribution >= 0.6 is 11.6 Å². The number of halogens is 1. The van der Waals surface area contributed by atoms with E-state index in [1.165, 1.54) is 0 Å². The zero-order valence-corrected chi connectivity index (χ0v) is 12.8. The van der Waals surface area contributed by atoms with E-state index in [4.69, 9.17) is 11.6 Å². The summed E-state index contributed by atoms with van der Waals surface area (Å²) in [4.78, 5) is 11.2. The van der Waals surface area contributed by atoms with Crippen LogP contribution in [0.15, 0.2) is 42.5 Å². The molecule has 0 heterocycles. The standard InChI is InChI=1S/C17H18ClNO2/c1-3-15(12-7-9-13(18)10-8-12)19-16-6-4-5-14(11(16)2)17(20)21/h4-10,15,19H,3H2,1-2H3,(H,20,21). The van der Waals surface area contributed by atoms with Crippen LogP contribution in [0.4, 0.5) is 5.69 Å². The average molecular weight is 304 g/mol. The minimum atomic E-state index is -0.907. The van der Waals surface area contributed by atoms with E-state index in [1.807, 2.05) is 37.3 Å². The molecule has 3 nitrogen and oxygen atoms in total. The lowest BCUT2D eigenvalue weighted by molar-refractivity contribution is 0.0696. The minimum absolute atomic E-state index is 0.116. The molecule has 0 radical (unpaired) electrons. The van der Waals surface area contributed by atoms with E-state index in [0.717, 1.165) is 23.2 Å². The maximum Gasteiger partial charge on any atom is 0.336 e. The molecule has 0 spiro atoms. The molecule has 1 unspecified atom stereocenters. The number of aromatic carboxylic acids is 1. The Morgan fingerprint density at radius 1 is 1.24 bits per heavy atom. The molecule has 110 valence electrons. The highest BCUT2D eigenvalue weighted by Gasteiger charge is 2.14. The van der Waals surface area contributed by atoms with E-state index < -0.39 is 5.97 Å². The Morgan fingerprint density at radius 2 is 1.90 bits per heavy atom. The zero-order valence-electron chi connectivity index (χ0n) is 12.1. The molecule has 0 saturated carbocycles. The van der Waals surface area contributed by atoms with Crippen LogP contribution in [0, 0.1) is 6.92 Å². The number of nitrogens with one attached hydrogen (secondary N) is 1. The fourth-order valence-corrected chi connectivity index (χ4v) is 2.45. The number of carbonyl (C=O) groups is 1. The van der Waals surface area contributed by atoms with Crippen LogP contribution in [0.3, 0.4) is 0 Å². The number of anilines is 1. The molecule has 2 N–H and O–H groups in total. The van der Waals surface area contributed by atoms with Crippen molar-refractivity contribution in [2.45, 2.75) is 26.3 Å². The van der Waals surface area contributed by atoms with Crippen molar-refractivity contribution in [1.82, 2.24) is 0 Å². The predicted octanol–water partition coefficient (Wildman–Crippen LogP) is 4.91. The van der Waals surface area contributed by atoms with Crippen molar-refractivity contribution >= 4 is 23.3 Å². The second-order valence-electron chi connectivity index (χ2n) is 4.94. The number of benzene rings is 2. The summed E-state index contributed by atoms with van der Waals surface area (Å²) in [5.41, 5.74) is 3.04. The molecule has 4 heteroatoms. The van der Waals surface area contributed by atoms with E-state index in [0.29, 0.717) is 10.6 Å². The van der Waals surface area contributed by atoms with E-state index in [2.05, 4.69) is 12.2 Å². The van der Waals surface area contributed by atoms with Gasteiger partial charge in [-0.25, -0.2) is 4.79 Å². The van der Waals surface area contributed by atoms with Gasteiger partial charge in [0.25, 0.3) is 0 Å². The van der Waals surface area contributed by atoms with E-state index in [1.54, 1.807) is 12.1 Å². The molecule has 0 fully saturated rings. The Labute approximate surface area is 129 Å². The van der Waals surface area contributed by atoms with Gasteiger partial charge in [-0.15, -0.1) is 0 Å². The van der Waals surface area contributed by atoms with E-state index in [9.17, 15) is 9.90 Å². The number of carboxylic acid groups (broad SMARTS) is 1. The van der Waals surface area contributed by atoms with Gasteiger partial charge in [0.05, 0.1) is 11.6 Å². The molecular weight excluding hydrogens is 286 g/mol. The summed E-state index contributed by atoms with van der Waals surface area (Å²) in [6.45, 7) is 3.91. The molecule has 0 amide bonds. The first-order valence-corrected chi connectivity index (χ1v) is 7.25. The molecule has 2 rings (SSSR count). The Kier molecular flexibility index (Phi) is 4.86. The Hall–Kier alpha value is -2.00. The average Bonchev–Trinajstić information content (AvgIpc) is 2.47. The summed E-state index contributed by atoms with van der Waals surface area (Å²) in [5.74, 6) is -0.907. The Bertz CT molecular complexity index is 638. The molecule has 2 aromatic rings. The normalized spacial score (nSPS) is 12.0. The molecule has 0 bridgehead atoms. The van der Waals surface area contributed by atoms with Crippen LogP contribution in [0.1, 0.15) is 40.9 Å². The second kappa shape index (κ2) is 6.64. The summed E-state index contributed by atoms with van der Waals surface area (Å²) >= 11 is 5.91. The van der Waals surface area contributed by atoms with Crippen LogP contribution in [-0.2, 0) is 0 Å². The van der Waals surface area contributed by atoms with Crippen molar-refractivity contribution in [2.75, 3.05) is 5.32 Å². The number of rotatable bonds is 5. The molecule has 2 aromatic carbocycles. The predicted molar refractivity (Wildman–Crippen MR) is 86.2 cm³/mol. The lowest BCUT2D eigenvalue weighted by Crippen LogP contribution is -2.12. The summed E-state index contributed by atoms with van der Waals surface area (Å²) in [6.07, 6.45) is 0.887. The van der Waals surface area contributed by atoms with Gasteiger partial charge in [-0.3, -0.25) is 0 Å². The molecule has 21 heavy (non-hydrogen) atoms. The highest BCUT2D eigenvalue weighted by Crippen LogP contribution is 2.27.